The molecule has 8 N–H and O–H groups in total. The van der Waals surface area contributed by atoms with Gasteiger partial charge in [-0.3, -0.25) is 19.2 Å². The number of aromatic nitrogens is 3. The van der Waals surface area contributed by atoms with Crippen LogP contribution >= 0.6 is 0 Å². The fourth-order valence-electron chi connectivity index (χ4n) is 4.09. The number of rotatable bonds is 13. The lowest BCUT2D eigenvalue weighted by Gasteiger charge is -2.25. The molecule has 2 aromatic heterocycles. The highest BCUT2D eigenvalue weighted by molar-refractivity contribution is 5.94. The van der Waals surface area contributed by atoms with Crippen LogP contribution in [-0.2, 0) is 32.0 Å². The second-order valence-corrected chi connectivity index (χ2v) is 9.77. The van der Waals surface area contributed by atoms with Gasteiger partial charge in [-0.2, -0.15) is 0 Å². The molecule has 0 radical (unpaired) electrons. The van der Waals surface area contributed by atoms with Gasteiger partial charge in [-0.05, 0) is 37.3 Å². The Morgan fingerprint density at radius 3 is 2.29 bits per heavy atom. The number of nitrogens with two attached hydrogens (primary N) is 1. The van der Waals surface area contributed by atoms with Gasteiger partial charge >= 0.3 is 5.97 Å². The molecule has 12 nitrogen and oxygen atoms in total. The first-order valence-electron chi connectivity index (χ1n) is 12.5. The Kier molecular flexibility index (Phi) is 9.61. The summed E-state index contributed by atoms with van der Waals surface area (Å²) in [5.74, 6) is -2.91. The number of nitrogens with one attached hydrogen (secondary N) is 5. The number of H-pyrrole nitrogens is 2. The zero-order chi connectivity index (χ0) is 27.8. The number of fused-ring (bicyclic) bond motifs is 1. The van der Waals surface area contributed by atoms with E-state index in [0.29, 0.717) is 12.1 Å². The first-order valence-corrected chi connectivity index (χ1v) is 12.5. The molecular formula is C26H35N7O5. The summed E-state index contributed by atoms with van der Waals surface area (Å²) in [5.41, 5.74) is 8.60. The number of carbonyl (C=O) groups is 4. The van der Waals surface area contributed by atoms with E-state index < -0.39 is 47.9 Å². The number of benzene rings is 1. The highest BCUT2D eigenvalue weighted by Gasteiger charge is 2.30. The quantitative estimate of drug-likeness (QED) is 0.170. The minimum Gasteiger partial charge on any atom is -0.480 e. The maximum Gasteiger partial charge on any atom is 0.325 e. The number of para-hydroxylation sites is 1. The van der Waals surface area contributed by atoms with Crippen molar-refractivity contribution >= 4 is 34.6 Å². The number of aliphatic carboxylic acids is 1. The number of imidazole rings is 1. The highest BCUT2D eigenvalue weighted by atomic mass is 16.4. The summed E-state index contributed by atoms with van der Waals surface area (Å²) in [7, 11) is 0. The van der Waals surface area contributed by atoms with Gasteiger partial charge in [-0.1, -0.05) is 32.0 Å². The fourth-order valence-corrected chi connectivity index (χ4v) is 4.09. The number of nitrogens with zero attached hydrogens (tertiary/aromatic N) is 1. The average Bonchev–Trinajstić information content (AvgIpc) is 3.52. The van der Waals surface area contributed by atoms with Gasteiger partial charge in [-0.25, -0.2) is 4.98 Å². The SMILES string of the molecule is CC(C)CC(NC(=O)C(N)Cc1c[nH]c2ccccc12)C(=O)NC(Cc1cnc[nH]1)C(=O)NC(C)C(=O)O. The van der Waals surface area contributed by atoms with Crippen LogP contribution in [0.15, 0.2) is 43.0 Å². The lowest BCUT2D eigenvalue weighted by atomic mass is 10.0. The maximum atomic E-state index is 13.3. The standard InChI is InChI=1S/C26H35N7O5/c1-14(2)8-21(32-23(34)19(27)9-16-11-29-20-7-5-4-6-18(16)20)25(36)33-22(10-17-12-28-13-30-17)24(35)31-15(3)26(37)38/h4-7,11-15,19,21-22,29H,8-10,27H2,1-3H3,(H,28,30)(H,31,35)(H,32,34)(H,33,36)(H,37,38). The summed E-state index contributed by atoms with van der Waals surface area (Å²) in [4.78, 5) is 60.3. The Hall–Kier alpha value is -4.19. The molecule has 4 atom stereocenters. The van der Waals surface area contributed by atoms with Crippen molar-refractivity contribution in [2.45, 2.75) is 64.2 Å². The Labute approximate surface area is 220 Å². The number of carboxylic acid groups (broad SMARTS) is 1. The van der Waals surface area contributed by atoms with Crippen LogP contribution in [0.3, 0.4) is 0 Å². The lowest BCUT2D eigenvalue weighted by Crippen LogP contribution is -2.57. The van der Waals surface area contributed by atoms with Gasteiger partial charge < -0.3 is 36.8 Å². The number of hydrogen-bond acceptors (Lipinski definition) is 6. The molecule has 1 aromatic carbocycles. The van der Waals surface area contributed by atoms with Gasteiger partial charge in [0.05, 0.1) is 12.4 Å². The highest BCUT2D eigenvalue weighted by Crippen LogP contribution is 2.19. The largest absolute Gasteiger partial charge is 0.480 e. The first kappa shape index (κ1) is 28.4. The summed E-state index contributed by atoms with van der Waals surface area (Å²) < 4.78 is 0. The number of carbonyl (C=O) groups excluding carboxylic acids is 3. The molecule has 0 aliphatic carbocycles. The predicted octanol–water partition coefficient (Wildman–Crippen LogP) is 0.609. The van der Waals surface area contributed by atoms with Crippen molar-refractivity contribution < 1.29 is 24.3 Å². The molecule has 0 bridgehead atoms. The van der Waals surface area contributed by atoms with Crippen molar-refractivity contribution in [2.75, 3.05) is 0 Å². The first-order chi connectivity index (χ1) is 18.0. The molecule has 0 saturated carbocycles. The third-order valence-electron chi connectivity index (χ3n) is 6.13. The van der Waals surface area contributed by atoms with E-state index in [1.165, 1.54) is 19.4 Å². The van der Waals surface area contributed by atoms with Crippen LogP contribution in [-0.4, -0.2) is 67.9 Å². The molecule has 4 unspecified atom stereocenters. The van der Waals surface area contributed by atoms with E-state index in [0.717, 1.165) is 16.5 Å². The maximum absolute atomic E-state index is 13.3. The normalized spacial score (nSPS) is 14.4. The zero-order valence-corrected chi connectivity index (χ0v) is 21.7. The van der Waals surface area contributed by atoms with E-state index in [-0.39, 0.29) is 18.8 Å². The van der Waals surface area contributed by atoms with Crippen LogP contribution in [0.2, 0.25) is 0 Å². The van der Waals surface area contributed by atoms with Crippen molar-refractivity contribution in [1.82, 2.24) is 30.9 Å². The summed E-state index contributed by atoms with van der Waals surface area (Å²) >= 11 is 0. The second-order valence-electron chi connectivity index (χ2n) is 9.77. The van der Waals surface area contributed by atoms with Crippen LogP contribution in [0.1, 0.15) is 38.4 Å². The van der Waals surface area contributed by atoms with E-state index >= 15 is 0 Å². The van der Waals surface area contributed by atoms with Gasteiger partial charge in [-0.15, -0.1) is 0 Å². The molecule has 3 rings (SSSR count). The molecule has 0 saturated heterocycles. The predicted molar refractivity (Wildman–Crippen MR) is 141 cm³/mol. The van der Waals surface area contributed by atoms with E-state index in [9.17, 15) is 19.2 Å². The fraction of sp³-hybridized carbons (Fsp3) is 0.423. The summed E-state index contributed by atoms with van der Waals surface area (Å²) in [6, 6.07) is 3.57. The third kappa shape index (κ3) is 7.65. The number of hydrogen-bond donors (Lipinski definition) is 7. The van der Waals surface area contributed by atoms with E-state index in [4.69, 9.17) is 10.8 Å². The molecule has 0 aliphatic heterocycles. The summed E-state index contributed by atoms with van der Waals surface area (Å²) in [6.07, 6.45) is 5.37. The van der Waals surface area contributed by atoms with Gasteiger partial charge in [0.2, 0.25) is 17.7 Å². The van der Waals surface area contributed by atoms with Crippen LogP contribution in [0, 0.1) is 5.92 Å². The lowest BCUT2D eigenvalue weighted by molar-refractivity contribution is -0.141. The van der Waals surface area contributed by atoms with Crippen molar-refractivity contribution in [1.29, 1.82) is 0 Å². The molecule has 0 fully saturated rings. The van der Waals surface area contributed by atoms with Crippen molar-refractivity contribution in [3.63, 3.8) is 0 Å². The number of amides is 3. The van der Waals surface area contributed by atoms with Gasteiger partial charge in [0, 0.05) is 35.4 Å². The van der Waals surface area contributed by atoms with Crippen LogP contribution in [0.4, 0.5) is 0 Å². The Balaban J connectivity index is 1.71. The average molecular weight is 526 g/mol. The minimum atomic E-state index is -1.21. The van der Waals surface area contributed by atoms with E-state index in [1.54, 1.807) is 0 Å². The van der Waals surface area contributed by atoms with Crippen LogP contribution < -0.4 is 21.7 Å². The molecule has 3 amide bonds. The zero-order valence-electron chi connectivity index (χ0n) is 21.7. The summed E-state index contributed by atoms with van der Waals surface area (Å²) in [6.45, 7) is 5.13. The molecule has 3 aromatic rings. The van der Waals surface area contributed by atoms with Gasteiger partial charge in [0.25, 0.3) is 0 Å². The van der Waals surface area contributed by atoms with Crippen molar-refractivity contribution in [3.8, 4) is 0 Å². The van der Waals surface area contributed by atoms with E-state index in [1.807, 2.05) is 44.3 Å². The third-order valence-corrected chi connectivity index (χ3v) is 6.13. The molecular weight excluding hydrogens is 490 g/mol. The van der Waals surface area contributed by atoms with Crippen molar-refractivity contribution in [2.24, 2.45) is 11.7 Å². The van der Waals surface area contributed by atoms with Crippen LogP contribution in [0.5, 0.6) is 0 Å². The summed E-state index contributed by atoms with van der Waals surface area (Å²) in [5, 5.41) is 17.9. The Bertz CT molecular complexity index is 1250. The van der Waals surface area contributed by atoms with Gasteiger partial charge in [0.15, 0.2) is 0 Å². The molecule has 204 valence electrons. The molecule has 38 heavy (non-hydrogen) atoms. The molecule has 12 heteroatoms. The molecule has 0 spiro atoms. The molecule has 0 aliphatic rings. The second kappa shape index (κ2) is 12.9. The monoisotopic (exact) mass is 525 g/mol. The Morgan fingerprint density at radius 2 is 1.63 bits per heavy atom. The molecule has 2 heterocycles. The minimum absolute atomic E-state index is 0.0443. The smallest absolute Gasteiger partial charge is 0.325 e. The number of aromatic amines is 2. The number of carboxylic acids is 1. The van der Waals surface area contributed by atoms with Crippen molar-refractivity contribution in [3.05, 3.63) is 54.2 Å². The Morgan fingerprint density at radius 1 is 0.947 bits per heavy atom. The van der Waals surface area contributed by atoms with Gasteiger partial charge in [0.1, 0.15) is 18.1 Å². The van der Waals surface area contributed by atoms with Crippen LogP contribution in [0.25, 0.3) is 10.9 Å². The van der Waals surface area contributed by atoms with E-state index in [2.05, 4.69) is 30.9 Å². The topological polar surface area (TPSA) is 195 Å².